The molecule has 0 spiro atoms. The largest absolute Gasteiger partial charge is 0.495 e. The molecule has 0 amide bonds. The van der Waals surface area contributed by atoms with Gasteiger partial charge in [-0.3, -0.25) is 4.72 Å². The fourth-order valence-electron chi connectivity index (χ4n) is 1.77. The van der Waals surface area contributed by atoms with E-state index in [1.54, 1.807) is 6.07 Å². The van der Waals surface area contributed by atoms with E-state index in [2.05, 4.69) is 4.72 Å². The van der Waals surface area contributed by atoms with Crippen molar-refractivity contribution in [2.45, 2.75) is 4.90 Å². The minimum atomic E-state index is -3.95. The van der Waals surface area contributed by atoms with Gasteiger partial charge in [-0.25, -0.2) is 12.8 Å². The normalized spacial score (nSPS) is 11.1. The van der Waals surface area contributed by atoms with E-state index in [1.165, 1.54) is 26.4 Å². The number of rotatable bonds is 5. The van der Waals surface area contributed by atoms with Gasteiger partial charge in [-0.15, -0.1) is 0 Å². The van der Waals surface area contributed by atoms with E-state index in [9.17, 15) is 12.8 Å². The van der Waals surface area contributed by atoms with Gasteiger partial charge in [0.2, 0.25) is 0 Å². The Hall–Kier alpha value is -1.99. The van der Waals surface area contributed by atoms with Gasteiger partial charge in [-0.2, -0.15) is 0 Å². The molecule has 0 saturated heterocycles. The fraction of sp³-hybridized carbons (Fsp3) is 0.143. The number of hydrogen-bond acceptors (Lipinski definition) is 4. The van der Waals surface area contributed by atoms with Crippen molar-refractivity contribution in [1.29, 1.82) is 0 Å². The predicted molar refractivity (Wildman–Crippen MR) is 81.8 cm³/mol. The second-order valence-electron chi connectivity index (χ2n) is 4.25. The Bertz CT molecular complexity index is 795. The average Bonchev–Trinajstić information content (AvgIpc) is 2.47. The van der Waals surface area contributed by atoms with Gasteiger partial charge in [0.05, 0.1) is 24.8 Å². The van der Waals surface area contributed by atoms with Crippen molar-refractivity contribution in [1.82, 2.24) is 0 Å². The van der Waals surface area contributed by atoms with Crippen LogP contribution < -0.4 is 14.2 Å². The minimum Gasteiger partial charge on any atom is -0.495 e. The van der Waals surface area contributed by atoms with Crippen LogP contribution in [0.25, 0.3) is 0 Å². The second kappa shape index (κ2) is 6.41. The summed E-state index contributed by atoms with van der Waals surface area (Å²) in [7, 11) is -1.29. The second-order valence-corrected chi connectivity index (χ2v) is 6.37. The Morgan fingerprint density at radius 2 is 1.73 bits per heavy atom. The lowest BCUT2D eigenvalue weighted by molar-refractivity contribution is 0.385. The van der Waals surface area contributed by atoms with Gasteiger partial charge in [0.15, 0.2) is 11.6 Å². The monoisotopic (exact) mass is 345 g/mol. The standard InChI is InChI=1S/C14H13ClFNO4S/c1-20-13-6-3-9(15)7-12(13)17-22(18,19)10-4-5-11(16)14(8-10)21-2/h3-8,17H,1-2H3. The summed E-state index contributed by atoms with van der Waals surface area (Å²) < 4.78 is 50.3. The van der Waals surface area contributed by atoms with Gasteiger partial charge in [0.25, 0.3) is 10.0 Å². The Morgan fingerprint density at radius 1 is 1.05 bits per heavy atom. The van der Waals surface area contributed by atoms with Crippen LogP contribution in [0.1, 0.15) is 0 Å². The maximum Gasteiger partial charge on any atom is 0.262 e. The van der Waals surface area contributed by atoms with E-state index in [0.717, 1.165) is 18.2 Å². The molecule has 1 N–H and O–H groups in total. The molecule has 5 nitrogen and oxygen atoms in total. The first-order valence-electron chi connectivity index (χ1n) is 6.07. The number of methoxy groups -OCH3 is 2. The van der Waals surface area contributed by atoms with Crippen LogP contribution in [0.3, 0.4) is 0 Å². The summed E-state index contributed by atoms with van der Waals surface area (Å²) in [5, 5.41) is 0.343. The molecule has 2 aromatic carbocycles. The molecule has 0 radical (unpaired) electrons. The Balaban J connectivity index is 2.42. The summed E-state index contributed by atoms with van der Waals surface area (Å²) in [6, 6.07) is 7.76. The molecular formula is C14H13ClFNO4S. The van der Waals surface area contributed by atoms with Crippen LogP contribution in [0.15, 0.2) is 41.3 Å². The first-order chi connectivity index (χ1) is 10.4. The van der Waals surface area contributed by atoms with Crippen molar-refractivity contribution in [3.05, 3.63) is 47.2 Å². The smallest absolute Gasteiger partial charge is 0.262 e. The number of halogens is 2. The van der Waals surface area contributed by atoms with Crippen molar-refractivity contribution in [3.63, 3.8) is 0 Å². The zero-order valence-electron chi connectivity index (χ0n) is 11.8. The highest BCUT2D eigenvalue weighted by molar-refractivity contribution is 7.92. The van der Waals surface area contributed by atoms with Crippen LogP contribution in [0, 0.1) is 5.82 Å². The van der Waals surface area contributed by atoms with Gasteiger partial charge >= 0.3 is 0 Å². The van der Waals surface area contributed by atoms with Gasteiger partial charge in [0, 0.05) is 11.1 Å². The lowest BCUT2D eigenvalue weighted by Crippen LogP contribution is -2.14. The summed E-state index contributed by atoms with van der Waals surface area (Å²) in [6.45, 7) is 0. The summed E-state index contributed by atoms with van der Waals surface area (Å²) in [4.78, 5) is -0.146. The van der Waals surface area contributed by atoms with Crippen LogP contribution in [-0.4, -0.2) is 22.6 Å². The van der Waals surface area contributed by atoms with Gasteiger partial charge in [-0.1, -0.05) is 11.6 Å². The van der Waals surface area contributed by atoms with E-state index in [1.807, 2.05) is 0 Å². The summed E-state index contributed by atoms with van der Waals surface area (Å²) >= 11 is 5.86. The molecule has 2 rings (SSSR count). The molecule has 0 heterocycles. The van der Waals surface area contributed by atoms with Gasteiger partial charge < -0.3 is 9.47 Å². The van der Waals surface area contributed by atoms with Crippen LogP contribution in [-0.2, 0) is 10.0 Å². The Labute approximate surface area is 132 Å². The molecule has 0 bridgehead atoms. The molecule has 22 heavy (non-hydrogen) atoms. The Morgan fingerprint density at radius 3 is 2.36 bits per heavy atom. The van der Waals surface area contributed by atoms with Crippen molar-refractivity contribution in [2.75, 3.05) is 18.9 Å². The van der Waals surface area contributed by atoms with Crippen LogP contribution in [0.4, 0.5) is 10.1 Å². The molecule has 8 heteroatoms. The fourth-order valence-corrected chi connectivity index (χ4v) is 3.02. The van der Waals surface area contributed by atoms with E-state index in [4.69, 9.17) is 21.1 Å². The van der Waals surface area contributed by atoms with E-state index in [-0.39, 0.29) is 16.3 Å². The van der Waals surface area contributed by atoms with Gasteiger partial charge in [-0.05, 0) is 30.3 Å². The molecule has 0 unspecified atom stereocenters. The third-order valence-corrected chi connectivity index (χ3v) is 4.44. The molecule has 118 valence electrons. The van der Waals surface area contributed by atoms with Crippen molar-refractivity contribution in [2.24, 2.45) is 0 Å². The SMILES string of the molecule is COc1cc(S(=O)(=O)Nc2cc(Cl)ccc2OC)ccc1F. The number of benzene rings is 2. The highest BCUT2D eigenvalue weighted by Crippen LogP contribution is 2.30. The molecule has 0 aliphatic rings. The quantitative estimate of drug-likeness (QED) is 0.903. The van der Waals surface area contributed by atoms with Crippen LogP contribution in [0.2, 0.25) is 5.02 Å². The predicted octanol–water partition coefficient (Wildman–Crippen LogP) is 3.30. The maximum absolute atomic E-state index is 13.4. The molecule has 0 aliphatic carbocycles. The Kier molecular flexibility index (Phi) is 4.77. The third-order valence-electron chi connectivity index (χ3n) is 2.84. The lowest BCUT2D eigenvalue weighted by Gasteiger charge is -2.13. The highest BCUT2D eigenvalue weighted by atomic mass is 35.5. The first-order valence-corrected chi connectivity index (χ1v) is 7.93. The summed E-state index contributed by atoms with van der Waals surface area (Å²) in [5.74, 6) is -0.509. The maximum atomic E-state index is 13.4. The van der Waals surface area contributed by atoms with E-state index < -0.39 is 15.8 Å². The number of nitrogens with one attached hydrogen (secondary N) is 1. The van der Waals surface area contributed by atoms with Crippen molar-refractivity contribution < 1.29 is 22.3 Å². The average molecular weight is 346 g/mol. The summed E-state index contributed by atoms with van der Waals surface area (Å²) in [5.41, 5.74) is 0.179. The van der Waals surface area contributed by atoms with Crippen LogP contribution >= 0.6 is 11.6 Å². The first kappa shape index (κ1) is 16.4. The zero-order valence-corrected chi connectivity index (χ0v) is 13.3. The molecule has 0 fully saturated rings. The third kappa shape index (κ3) is 3.42. The lowest BCUT2D eigenvalue weighted by atomic mass is 10.3. The highest BCUT2D eigenvalue weighted by Gasteiger charge is 2.19. The number of ether oxygens (including phenoxy) is 2. The van der Waals surface area contributed by atoms with Crippen molar-refractivity contribution >= 4 is 27.3 Å². The van der Waals surface area contributed by atoms with Crippen LogP contribution in [0.5, 0.6) is 11.5 Å². The molecule has 2 aromatic rings. The number of sulfonamides is 1. The number of hydrogen-bond donors (Lipinski definition) is 1. The molecule has 0 aliphatic heterocycles. The zero-order chi connectivity index (χ0) is 16.3. The van der Waals surface area contributed by atoms with E-state index >= 15 is 0 Å². The van der Waals surface area contributed by atoms with E-state index in [0.29, 0.717) is 10.8 Å². The molecule has 0 aromatic heterocycles. The molecule has 0 saturated carbocycles. The topological polar surface area (TPSA) is 64.6 Å². The molecule has 0 atom stereocenters. The van der Waals surface area contributed by atoms with Crippen molar-refractivity contribution in [3.8, 4) is 11.5 Å². The number of anilines is 1. The minimum absolute atomic E-state index is 0.146. The summed E-state index contributed by atoms with van der Waals surface area (Å²) in [6.07, 6.45) is 0. The van der Waals surface area contributed by atoms with Gasteiger partial charge in [0.1, 0.15) is 5.75 Å². The molecular weight excluding hydrogens is 333 g/mol.